The Labute approximate surface area is 113 Å². The maximum absolute atomic E-state index is 13.9. The summed E-state index contributed by atoms with van der Waals surface area (Å²) in [5.41, 5.74) is 1.54. The highest BCUT2D eigenvalue weighted by Crippen LogP contribution is 2.29. The van der Waals surface area contributed by atoms with Crippen LogP contribution in [0.15, 0.2) is 18.2 Å². The molecule has 1 aliphatic heterocycles. The van der Waals surface area contributed by atoms with Crippen molar-refractivity contribution in [3.63, 3.8) is 0 Å². The van der Waals surface area contributed by atoms with E-state index in [2.05, 4.69) is 4.90 Å². The Bertz CT molecular complexity index is 391. The van der Waals surface area contributed by atoms with Crippen LogP contribution in [0.1, 0.15) is 25.3 Å². The quantitative estimate of drug-likeness (QED) is 0.777. The highest BCUT2D eigenvalue weighted by Gasteiger charge is 2.23. The van der Waals surface area contributed by atoms with Gasteiger partial charge >= 0.3 is 0 Å². The number of piperidine rings is 1. The Hall–Kier alpha value is -0.800. The van der Waals surface area contributed by atoms with Crippen molar-refractivity contribution in [3.05, 3.63) is 29.6 Å². The van der Waals surface area contributed by atoms with Crippen LogP contribution in [0.3, 0.4) is 0 Å². The number of hydrogen-bond donors (Lipinski definition) is 0. The Kier molecular flexibility index (Phi) is 4.84. The molecule has 0 spiro atoms. The highest BCUT2D eigenvalue weighted by atomic mass is 35.5. The number of anilines is 1. The number of alkyl halides is 1. The molecule has 100 valence electrons. The van der Waals surface area contributed by atoms with Gasteiger partial charge in [0, 0.05) is 25.6 Å². The Balaban J connectivity index is 2.09. The number of rotatable bonds is 4. The number of ether oxygens (including phenoxy) is 1. The van der Waals surface area contributed by atoms with Crippen molar-refractivity contribution in [2.75, 3.05) is 24.6 Å². The topological polar surface area (TPSA) is 12.5 Å². The van der Waals surface area contributed by atoms with E-state index in [0.29, 0.717) is 17.7 Å². The summed E-state index contributed by atoms with van der Waals surface area (Å²) in [4.78, 5) is 2.09. The van der Waals surface area contributed by atoms with Crippen molar-refractivity contribution in [2.24, 2.45) is 0 Å². The summed E-state index contributed by atoms with van der Waals surface area (Å²) in [6, 6.07) is 5.10. The van der Waals surface area contributed by atoms with Crippen LogP contribution >= 0.6 is 11.6 Å². The summed E-state index contributed by atoms with van der Waals surface area (Å²) in [5, 5.41) is 0. The van der Waals surface area contributed by atoms with Crippen molar-refractivity contribution in [1.29, 1.82) is 0 Å². The Morgan fingerprint density at radius 3 is 2.72 bits per heavy atom. The lowest BCUT2D eigenvalue weighted by molar-refractivity contribution is 0.0458. The van der Waals surface area contributed by atoms with Crippen LogP contribution in [0.2, 0.25) is 0 Å². The summed E-state index contributed by atoms with van der Waals surface area (Å²) >= 11 is 5.88. The van der Waals surface area contributed by atoms with E-state index in [0.717, 1.165) is 38.1 Å². The van der Waals surface area contributed by atoms with Gasteiger partial charge in [0.2, 0.25) is 0 Å². The fraction of sp³-hybridized carbons (Fsp3) is 0.571. The fourth-order valence-corrected chi connectivity index (χ4v) is 2.72. The average Bonchev–Trinajstić information content (AvgIpc) is 2.40. The molecule has 0 atom stereocenters. The van der Waals surface area contributed by atoms with Gasteiger partial charge in [0.25, 0.3) is 0 Å². The van der Waals surface area contributed by atoms with E-state index >= 15 is 0 Å². The van der Waals surface area contributed by atoms with Gasteiger partial charge in [-0.3, -0.25) is 0 Å². The maximum atomic E-state index is 13.9. The first-order chi connectivity index (χ1) is 8.76. The van der Waals surface area contributed by atoms with Crippen LogP contribution < -0.4 is 4.90 Å². The largest absolute Gasteiger partial charge is 0.378 e. The van der Waals surface area contributed by atoms with Gasteiger partial charge in [-0.05, 0) is 31.4 Å². The number of hydrogen-bond acceptors (Lipinski definition) is 2. The zero-order valence-corrected chi connectivity index (χ0v) is 11.4. The van der Waals surface area contributed by atoms with E-state index in [4.69, 9.17) is 16.3 Å². The van der Waals surface area contributed by atoms with Gasteiger partial charge in [-0.15, -0.1) is 11.6 Å². The van der Waals surface area contributed by atoms with Gasteiger partial charge in [0.1, 0.15) is 5.82 Å². The zero-order valence-electron chi connectivity index (χ0n) is 10.7. The lowest BCUT2D eigenvalue weighted by atomic mass is 10.0. The van der Waals surface area contributed by atoms with E-state index in [1.165, 1.54) is 6.07 Å². The molecule has 2 nitrogen and oxygen atoms in total. The lowest BCUT2D eigenvalue weighted by Crippen LogP contribution is -2.38. The SMILES string of the molecule is CCOC1CCN(c2c(F)cccc2CCl)CC1. The van der Waals surface area contributed by atoms with E-state index < -0.39 is 0 Å². The molecule has 1 aromatic rings. The van der Waals surface area contributed by atoms with Gasteiger partial charge in [-0.2, -0.15) is 0 Å². The summed E-state index contributed by atoms with van der Waals surface area (Å²) in [7, 11) is 0. The van der Waals surface area contributed by atoms with Crippen LogP contribution in [-0.4, -0.2) is 25.8 Å². The summed E-state index contributed by atoms with van der Waals surface area (Å²) in [5.74, 6) is 0.168. The maximum Gasteiger partial charge on any atom is 0.146 e. The summed E-state index contributed by atoms with van der Waals surface area (Å²) in [6.07, 6.45) is 2.21. The number of nitrogens with zero attached hydrogens (tertiary/aromatic N) is 1. The predicted molar refractivity (Wildman–Crippen MR) is 72.8 cm³/mol. The number of para-hydroxylation sites is 1. The molecule has 1 aliphatic rings. The van der Waals surface area contributed by atoms with Gasteiger partial charge in [0.05, 0.1) is 11.8 Å². The van der Waals surface area contributed by atoms with Crippen molar-refractivity contribution in [2.45, 2.75) is 31.7 Å². The Morgan fingerprint density at radius 2 is 2.11 bits per heavy atom. The minimum absolute atomic E-state index is 0.178. The molecule has 0 saturated carbocycles. The van der Waals surface area contributed by atoms with Crippen molar-refractivity contribution in [3.8, 4) is 0 Å². The predicted octanol–water partition coefficient (Wildman–Crippen LogP) is 3.57. The molecule has 0 aromatic heterocycles. The van der Waals surface area contributed by atoms with E-state index in [1.807, 2.05) is 13.0 Å². The van der Waals surface area contributed by atoms with E-state index in [1.54, 1.807) is 6.07 Å². The van der Waals surface area contributed by atoms with Gasteiger partial charge in [0.15, 0.2) is 0 Å². The average molecular weight is 272 g/mol. The van der Waals surface area contributed by atoms with Crippen LogP contribution in [0.4, 0.5) is 10.1 Å². The van der Waals surface area contributed by atoms with Gasteiger partial charge in [-0.25, -0.2) is 4.39 Å². The van der Waals surface area contributed by atoms with Crippen LogP contribution in [0.5, 0.6) is 0 Å². The van der Waals surface area contributed by atoms with Crippen LogP contribution in [0, 0.1) is 5.82 Å². The van der Waals surface area contributed by atoms with Gasteiger partial charge in [-0.1, -0.05) is 12.1 Å². The summed E-state index contributed by atoms with van der Waals surface area (Å²) in [6.45, 7) is 4.41. The molecule has 0 aliphatic carbocycles. The molecule has 0 N–H and O–H groups in total. The molecule has 4 heteroatoms. The van der Waals surface area contributed by atoms with E-state index in [-0.39, 0.29) is 5.82 Å². The van der Waals surface area contributed by atoms with E-state index in [9.17, 15) is 4.39 Å². The van der Waals surface area contributed by atoms with Crippen LogP contribution in [0.25, 0.3) is 0 Å². The molecule has 2 rings (SSSR count). The zero-order chi connectivity index (χ0) is 13.0. The molecule has 1 heterocycles. The lowest BCUT2D eigenvalue weighted by Gasteiger charge is -2.34. The van der Waals surface area contributed by atoms with Crippen molar-refractivity contribution in [1.82, 2.24) is 0 Å². The number of halogens is 2. The fourth-order valence-electron chi connectivity index (χ4n) is 2.50. The molecule has 0 amide bonds. The standard InChI is InChI=1S/C14H19ClFNO/c1-2-18-12-6-8-17(9-7-12)14-11(10-15)4-3-5-13(14)16/h3-5,12H,2,6-10H2,1H3. The molecule has 1 aromatic carbocycles. The van der Waals surface area contributed by atoms with Crippen LogP contribution in [-0.2, 0) is 10.6 Å². The first kappa shape index (κ1) is 13.6. The molecule has 0 bridgehead atoms. The minimum Gasteiger partial charge on any atom is -0.378 e. The molecule has 0 radical (unpaired) electrons. The van der Waals surface area contributed by atoms with Crippen molar-refractivity contribution >= 4 is 17.3 Å². The molecule has 0 unspecified atom stereocenters. The highest BCUT2D eigenvalue weighted by molar-refractivity contribution is 6.17. The van der Waals surface area contributed by atoms with Crippen molar-refractivity contribution < 1.29 is 9.13 Å². The molecule has 18 heavy (non-hydrogen) atoms. The number of benzene rings is 1. The van der Waals surface area contributed by atoms with Gasteiger partial charge < -0.3 is 9.64 Å². The normalized spacial score (nSPS) is 17.2. The molecule has 1 fully saturated rings. The molecule has 1 saturated heterocycles. The minimum atomic E-state index is -0.178. The Morgan fingerprint density at radius 1 is 1.39 bits per heavy atom. The summed E-state index contributed by atoms with van der Waals surface area (Å²) < 4.78 is 19.5. The first-order valence-corrected chi connectivity index (χ1v) is 6.99. The third-order valence-corrected chi connectivity index (χ3v) is 3.66. The molecular weight excluding hydrogens is 253 g/mol. The first-order valence-electron chi connectivity index (χ1n) is 6.46. The molecular formula is C14H19ClFNO. The smallest absolute Gasteiger partial charge is 0.146 e. The third kappa shape index (κ3) is 2.96. The third-order valence-electron chi connectivity index (χ3n) is 3.37. The second kappa shape index (κ2) is 6.39. The second-order valence-corrected chi connectivity index (χ2v) is 4.79. The second-order valence-electron chi connectivity index (χ2n) is 4.52. The monoisotopic (exact) mass is 271 g/mol.